The van der Waals surface area contributed by atoms with Crippen molar-refractivity contribution < 1.29 is 14.6 Å². The maximum atomic E-state index is 11.3. The Morgan fingerprint density at radius 3 is 2.89 bits per heavy atom. The number of rotatable bonds is 6. The summed E-state index contributed by atoms with van der Waals surface area (Å²) in [6.45, 7) is 2.71. The van der Waals surface area contributed by atoms with Crippen molar-refractivity contribution in [3.05, 3.63) is 23.0 Å². The highest BCUT2D eigenvalue weighted by atomic mass is 16.5. The van der Waals surface area contributed by atoms with Crippen molar-refractivity contribution in [1.82, 2.24) is 4.98 Å². The first-order valence-electron chi connectivity index (χ1n) is 7.11. The molecule has 1 aliphatic carbocycles. The van der Waals surface area contributed by atoms with Gasteiger partial charge in [-0.05, 0) is 37.7 Å². The van der Waals surface area contributed by atoms with Crippen LogP contribution in [-0.2, 0) is 12.8 Å². The van der Waals surface area contributed by atoms with Crippen LogP contribution in [0, 0.1) is 0 Å². The number of nitrogens with zero attached hydrogens (tertiary/aromatic N) is 1. The van der Waals surface area contributed by atoms with Crippen LogP contribution in [0.2, 0.25) is 0 Å². The molecule has 1 N–H and O–H groups in total. The highest BCUT2D eigenvalue weighted by Crippen LogP contribution is 2.31. The van der Waals surface area contributed by atoms with Gasteiger partial charge < -0.3 is 9.84 Å². The van der Waals surface area contributed by atoms with Gasteiger partial charge in [0.05, 0.1) is 6.61 Å². The summed E-state index contributed by atoms with van der Waals surface area (Å²) in [5.41, 5.74) is 2.29. The molecule has 0 bridgehead atoms. The second-order valence-electron chi connectivity index (χ2n) is 5.01. The average Bonchev–Trinajstić information content (AvgIpc) is 2.43. The summed E-state index contributed by atoms with van der Waals surface area (Å²) in [6, 6.07) is 0. The molecule has 0 radical (unpaired) electrons. The molecule has 0 unspecified atom stereocenters. The maximum Gasteiger partial charge on any atom is 0.358 e. The van der Waals surface area contributed by atoms with Crippen molar-refractivity contribution in [2.75, 3.05) is 6.61 Å². The van der Waals surface area contributed by atoms with Crippen LogP contribution in [0.15, 0.2) is 6.20 Å². The van der Waals surface area contributed by atoms with Crippen molar-refractivity contribution in [1.29, 1.82) is 0 Å². The molecule has 0 saturated heterocycles. The summed E-state index contributed by atoms with van der Waals surface area (Å²) < 4.78 is 5.76. The third-order valence-electron chi connectivity index (χ3n) is 3.55. The summed E-state index contributed by atoms with van der Waals surface area (Å²) in [7, 11) is 0. The topological polar surface area (TPSA) is 59.4 Å². The van der Waals surface area contributed by atoms with Crippen molar-refractivity contribution in [2.24, 2.45) is 0 Å². The van der Waals surface area contributed by atoms with Crippen molar-refractivity contribution in [3.8, 4) is 5.75 Å². The first kappa shape index (κ1) is 13.8. The number of fused-ring (bicyclic) bond motifs is 1. The van der Waals surface area contributed by atoms with E-state index in [9.17, 15) is 9.90 Å². The molecule has 0 aromatic carbocycles. The minimum Gasteiger partial charge on any atom is -0.491 e. The van der Waals surface area contributed by atoms with Crippen LogP contribution in [-0.4, -0.2) is 22.7 Å². The summed E-state index contributed by atoms with van der Waals surface area (Å²) >= 11 is 0. The van der Waals surface area contributed by atoms with E-state index in [-0.39, 0.29) is 5.69 Å². The molecule has 104 valence electrons. The number of pyridine rings is 1. The van der Waals surface area contributed by atoms with Crippen LogP contribution in [0.25, 0.3) is 0 Å². The molecule has 4 heteroatoms. The van der Waals surface area contributed by atoms with Gasteiger partial charge in [-0.2, -0.15) is 0 Å². The van der Waals surface area contributed by atoms with Crippen LogP contribution < -0.4 is 4.74 Å². The Bertz CT molecular complexity index is 457. The lowest BCUT2D eigenvalue weighted by Crippen LogP contribution is -2.14. The lowest BCUT2D eigenvalue weighted by molar-refractivity contribution is 0.0685. The van der Waals surface area contributed by atoms with E-state index in [0.717, 1.165) is 56.1 Å². The Kier molecular flexibility index (Phi) is 4.77. The number of carbonyl (C=O) groups is 1. The molecule has 0 saturated carbocycles. The first-order chi connectivity index (χ1) is 9.24. The number of unbranched alkanes of at least 4 members (excludes halogenated alkanes) is 2. The molecular formula is C15H21NO3. The molecule has 0 fully saturated rings. The largest absolute Gasteiger partial charge is 0.491 e. The SMILES string of the molecule is CCCCCOc1c(C(=O)O)ncc2c1CCCC2. The third kappa shape index (κ3) is 3.25. The summed E-state index contributed by atoms with van der Waals surface area (Å²) in [5, 5.41) is 9.23. The Balaban J connectivity index is 2.23. The fourth-order valence-corrected chi connectivity index (χ4v) is 2.51. The number of ether oxygens (including phenoxy) is 1. The summed E-state index contributed by atoms with van der Waals surface area (Å²) in [5.74, 6) is -0.486. The zero-order valence-electron chi connectivity index (χ0n) is 11.4. The Hall–Kier alpha value is -1.58. The van der Waals surface area contributed by atoms with Gasteiger partial charge in [-0.1, -0.05) is 19.8 Å². The van der Waals surface area contributed by atoms with E-state index in [2.05, 4.69) is 11.9 Å². The molecule has 0 atom stereocenters. The van der Waals surface area contributed by atoms with E-state index in [0.29, 0.717) is 12.4 Å². The Morgan fingerprint density at radius 1 is 1.37 bits per heavy atom. The van der Waals surface area contributed by atoms with Crippen molar-refractivity contribution >= 4 is 5.97 Å². The molecule has 19 heavy (non-hydrogen) atoms. The van der Waals surface area contributed by atoms with E-state index in [1.54, 1.807) is 6.20 Å². The molecule has 1 aromatic heterocycles. The third-order valence-corrected chi connectivity index (χ3v) is 3.55. The van der Waals surface area contributed by atoms with Crippen molar-refractivity contribution in [2.45, 2.75) is 51.9 Å². The summed E-state index contributed by atoms with van der Waals surface area (Å²) in [4.78, 5) is 15.3. The zero-order chi connectivity index (χ0) is 13.7. The molecule has 0 aliphatic heterocycles. The van der Waals surface area contributed by atoms with E-state index in [1.165, 1.54) is 0 Å². The highest BCUT2D eigenvalue weighted by molar-refractivity contribution is 5.89. The lowest BCUT2D eigenvalue weighted by Gasteiger charge is -2.20. The van der Waals surface area contributed by atoms with Crippen LogP contribution in [0.1, 0.15) is 60.6 Å². The van der Waals surface area contributed by atoms with E-state index >= 15 is 0 Å². The fraction of sp³-hybridized carbons (Fsp3) is 0.600. The highest BCUT2D eigenvalue weighted by Gasteiger charge is 2.22. The molecule has 0 spiro atoms. The Morgan fingerprint density at radius 2 is 2.16 bits per heavy atom. The number of hydrogen-bond acceptors (Lipinski definition) is 3. The minimum atomic E-state index is -1.00. The number of aromatic nitrogens is 1. The van der Waals surface area contributed by atoms with Gasteiger partial charge in [0.2, 0.25) is 0 Å². The smallest absolute Gasteiger partial charge is 0.358 e. The van der Waals surface area contributed by atoms with Gasteiger partial charge in [0, 0.05) is 11.8 Å². The van der Waals surface area contributed by atoms with E-state index < -0.39 is 5.97 Å². The molecule has 0 amide bonds. The number of carboxylic acid groups (broad SMARTS) is 1. The predicted octanol–water partition coefficient (Wildman–Crippen LogP) is 3.23. The second kappa shape index (κ2) is 6.55. The number of aryl methyl sites for hydroxylation is 1. The molecular weight excluding hydrogens is 242 g/mol. The minimum absolute atomic E-state index is 0.0668. The maximum absolute atomic E-state index is 11.3. The van der Waals surface area contributed by atoms with Crippen LogP contribution in [0.4, 0.5) is 0 Å². The van der Waals surface area contributed by atoms with Gasteiger partial charge in [-0.3, -0.25) is 0 Å². The van der Waals surface area contributed by atoms with Crippen molar-refractivity contribution in [3.63, 3.8) is 0 Å². The zero-order valence-corrected chi connectivity index (χ0v) is 11.4. The monoisotopic (exact) mass is 263 g/mol. The van der Waals surface area contributed by atoms with Crippen LogP contribution >= 0.6 is 0 Å². The molecule has 1 aliphatic rings. The van der Waals surface area contributed by atoms with Crippen LogP contribution in [0.3, 0.4) is 0 Å². The normalized spacial score (nSPS) is 13.9. The quantitative estimate of drug-likeness (QED) is 0.800. The first-order valence-corrected chi connectivity index (χ1v) is 7.11. The fourth-order valence-electron chi connectivity index (χ4n) is 2.51. The molecule has 4 nitrogen and oxygen atoms in total. The standard InChI is InChI=1S/C15H21NO3/c1-2-3-6-9-19-14-12-8-5-4-7-11(12)10-16-13(14)15(17)18/h10H,2-9H2,1H3,(H,17,18). The van der Waals surface area contributed by atoms with Gasteiger partial charge >= 0.3 is 5.97 Å². The number of hydrogen-bond donors (Lipinski definition) is 1. The molecule has 1 heterocycles. The van der Waals surface area contributed by atoms with Gasteiger partial charge in [-0.15, -0.1) is 0 Å². The molecule has 2 rings (SSSR count). The average molecular weight is 263 g/mol. The number of carboxylic acids is 1. The number of aromatic carboxylic acids is 1. The van der Waals surface area contributed by atoms with Gasteiger partial charge in [0.25, 0.3) is 0 Å². The summed E-state index contributed by atoms with van der Waals surface area (Å²) in [6.07, 6.45) is 9.02. The van der Waals surface area contributed by atoms with Crippen LogP contribution in [0.5, 0.6) is 5.75 Å². The molecule has 1 aromatic rings. The Labute approximate surface area is 113 Å². The van der Waals surface area contributed by atoms with E-state index in [4.69, 9.17) is 4.74 Å². The lowest BCUT2D eigenvalue weighted by atomic mass is 9.92. The predicted molar refractivity (Wildman–Crippen MR) is 72.9 cm³/mol. The van der Waals surface area contributed by atoms with Gasteiger partial charge in [0.15, 0.2) is 11.4 Å². The van der Waals surface area contributed by atoms with E-state index in [1.807, 2.05) is 0 Å². The second-order valence-corrected chi connectivity index (χ2v) is 5.01. The van der Waals surface area contributed by atoms with Gasteiger partial charge in [0.1, 0.15) is 0 Å². The van der Waals surface area contributed by atoms with Gasteiger partial charge in [-0.25, -0.2) is 9.78 Å².